The van der Waals surface area contributed by atoms with Gasteiger partial charge in [-0.3, -0.25) is 14.9 Å². The molecule has 1 aliphatic carbocycles. The molecule has 2 unspecified atom stereocenters. The Kier molecular flexibility index (Phi) is 6.56. The molecule has 0 bridgehead atoms. The van der Waals surface area contributed by atoms with Gasteiger partial charge in [-0.15, -0.1) is 0 Å². The molecule has 0 spiro atoms. The van der Waals surface area contributed by atoms with E-state index in [4.69, 9.17) is 9.47 Å². The quantitative estimate of drug-likeness (QED) is 0.300. The van der Waals surface area contributed by atoms with E-state index in [-0.39, 0.29) is 23.5 Å². The molecular formula is C29H29N3O5. The lowest BCUT2D eigenvalue weighted by Gasteiger charge is -2.30. The zero-order valence-corrected chi connectivity index (χ0v) is 21.0. The van der Waals surface area contributed by atoms with Crippen molar-refractivity contribution in [2.24, 2.45) is 0 Å². The van der Waals surface area contributed by atoms with E-state index < -0.39 is 11.0 Å². The number of methoxy groups -OCH3 is 1. The first kappa shape index (κ1) is 24.4. The van der Waals surface area contributed by atoms with E-state index in [0.717, 1.165) is 28.2 Å². The van der Waals surface area contributed by atoms with Crippen molar-refractivity contribution in [1.82, 2.24) is 0 Å². The predicted molar refractivity (Wildman–Crippen MR) is 142 cm³/mol. The molecule has 0 aromatic heterocycles. The van der Waals surface area contributed by atoms with Gasteiger partial charge in [0.05, 0.1) is 35.6 Å². The first-order valence-corrected chi connectivity index (χ1v) is 12.3. The maximum Gasteiger partial charge on any atom is 0.269 e. The van der Waals surface area contributed by atoms with Crippen LogP contribution >= 0.6 is 0 Å². The molecule has 0 radical (unpaired) electrons. The number of non-ortho nitro benzene ring substituents is 1. The number of nitro benzene ring substituents is 1. The van der Waals surface area contributed by atoms with Gasteiger partial charge in [-0.25, -0.2) is 0 Å². The minimum Gasteiger partial charge on any atom is -0.493 e. The maximum absolute atomic E-state index is 13.7. The Bertz CT molecular complexity index is 1380. The number of para-hydroxylation sites is 2. The zero-order valence-electron chi connectivity index (χ0n) is 21.0. The summed E-state index contributed by atoms with van der Waals surface area (Å²) < 4.78 is 11.4. The monoisotopic (exact) mass is 499 g/mol. The van der Waals surface area contributed by atoms with E-state index in [2.05, 4.69) is 10.6 Å². The van der Waals surface area contributed by atoms with Crippen molar-refractivity contribution in [2.45, 2.75) is 44.8 Å². The molecule has 8 nitrogen and oxygen atoms in total. The first-order chi connectivity index (χ1) is 17.8. The smallest absolute Gasteiger partial charge is 0.269 e. The van der Waals surface area contributed by atoms with Gasteiger partial charge in [0.1, 0.15) is 0 Å². The van der Waals surface area contributed by atoms with Gasteiger partial charge in [0.25, 0.3) is 5.69 Å². The van der Waals surface area contributed by atoms with Gasteiger partial charge in [-0.1, -0.05) is 18.2 Å². The molecule has 2 atom stereocenters. The second-order valence-corrected chi connectivity index (χ2v) is 9.59. The number of nitrogens with one attached hydrogen (secondary N) is 2. The summed E-state index contributed by atoms with van der Waals surface area (Å²) in [6, 6.07) is 19.6. The fourth-order valence-electron chi connectivity index (χ4n) is 5.06. The van der Waals surface area contributed by atoms with Gasteiger partial charge in [-0.05, 0) is 73.7 Å². The summed E-state index contributed by atoms with van der Waals surface area (Å²) in [4.78, 5) is 24.5. The predicted octanol–water partition coefficient (Wildman–Crippen LogP) is 6.37. The lowest BCUT2D eigenvalue weighted by Crippen LogP contribution is -2.26. The second-order valence-electron chi connectivity index (χ2n) is 9.59. The zero-order chi connectivity index (χ0) is 26.1. The van der Waals surface area contributed by atoms with Crippen LogP contribution in [0.2, 0.25) is 0 Å². The van der Waals surface area contributed by atoms with Crippen molar-refractivity contribution < 1.29 is 19.2 Å². The molecule has 8 heteroatoms. The number of ketones is 1. The van der Waals surface area contributed by atoms with Crippen LogP contribution in [0.3, 0.4) is 0 Å². The number of nitro groups is 1. The molecule has 3 aromatic rings. The number of rotatable bonds is 6. The lowest BCUT2D eigenvalue weighted by molar-refractivity contribution is -0.384. The van der Waals surface area contributed by atoms with Gasteiger partial charge in [0, 0.05) is 29.8 Å². The van der Waals surface area contributed by atoms with E-state index >= 15 is 0 Å². The highest BCUT2D eigenvalue weighted by molar-refractivity contribution is 6.01. The van der Waals surface area contributed by atoms with Crippen LogP contribution in [-0.4, -0.2) is 23.9 Å². The van der Waals surface area contributed by atoms with E-state index in [1.807, 2.05) is 56.3 Å². The Morgan fingerprint density at radius 3 is 2.32 bits per heavy atom. The number of allylic oxidation sites excluding steroid dienone is 1. The van der Waals surface area contributed by atoms with Gasteiger partial charge in [0.2, 0.25) is 0 Å². The number of carbonyl (C=O) groups excluding carboxylic acids is 1. The number of Topliss-reactive ketones (excluding diaryl/α,β-unsaturated/α-hetero) is 1. The van der Waals surface area contributed by atoms with E-state index in [1.54, 1.807) is 19.2 Å². The molecule has 0 fully saturated rings. The van der Waals surface area contributed by atoms with Crippen LogP contribution in [0, 0.1) is 10.1 Å². The number of hydrogen-bond donors (Lipinski definition) is 2. The van der Waals surface area contributed by atoms with Crippen LogP contribution in [0.5, 0.6) is 11.5 Å². The first-order valence-electron chi connectivity index (χ1n) is 12.3. The third-order valence-electron chi connectivity index (χ3n) is 6.77. The van der Waals surface area contributed by atoms with Crippen LogP contribution in [0.25, 0.3) is 0 Å². The van der Waals surface area contributed by atoms with Gasteiger partial charge >= 0.3 is 0 Å². The van der Waals surface area contributed by atoms with E-state index in [0.29, 0.717) is 29.9 Å². The van der Waals surface area contributed by atoms with Crippen molar-refractivity contribution in [3.05, 3.63) is 99.2 Å². The highest BCUT2D eigenvalue weighted by Crippen LogP contribution is 2.45. The summed E-state index contributed by atoms with van der Waals surface area (Å²) in [6.07, 6.45) is 0.992. The molecule has 0 saturated carbocycles. The van der Waals surface area contributed by atoms with E-state index in [9.17, 15) is 14.9 Å². The number of hydrogen-bond acceptors (Lipinski definition) is 7. The SMILES string of the molecule is COc1cc(C2CC(=O)C3=C(C2)Nc2ccccc2NC3c2ccc([N+](=O)[O-])cc2)ccc1OC(C)C. The molecule has 2 N–H and O–H groups in total. The number of benzene rings is 3. The third-order valence-corrected chi connectivity index (χ3v) is 6.77. The Morgan fingerprint density at radius 1 is 0.946 bits per heavy atom. The molecule has 1 aliphatic heterocycles. The van der Waals surface area contributed by atoms with Crippen LogP contribution in [-0.2, 0) is 4.79 Å². The second kappa shape index (κ2) is 9.97. The van der Waals surface area contributed by atoms with Crippen LogP contribution in [0.4, 0.5) is 17.1 Å². The fourth-order valence-corrected chi connectivity index (χ4v) is 5.06. The minimum atomic E-state index is -0.434. The highest BCUT2D eigenvalue weighted by Gasteiger charge is 2.36. The van der Waals surface area contributed by atoms with Crippen molar-refractivity contribution in [3.8, 4) is 11.5 Å². The lowest BCUT2D eigenvalue weighted by atomic mass is 9.78. The topological polar surface area (TPSA) is 103 Å². The largest absolute Gasteiger partial charge is 0.493 e. The summed E-state index contributed by atoms with van der Waals surface area (Å²) in [7, 11) is 1.61. The molecule has 190 valence electrons. The molecule has 5 rings (SSSR count). The van der Waals surface area contributed by atoms with Gasteiger partial charge in [0.15, 0.2) is 17.3 Å². The third kappa shape index (κ3) is 4.87. The highest BCUT2D eigenvalue weighted by atomic mass is 16.6. The standard InChI is InChI=1S/C29H29N3O5/c1-17(2)37-26-13-10-19(16-27(26)36-3)20-14-24-28(25(33)15-20)29(18-8-11-21(12-9-18)32(34)35)31-23-7-5-4-6-22(23)30-24/h4-13,16-17,20,29-31H,14-15H2,1-3H3. The normalized spacial score (nSPS) is 18.8. The average Bonchev–Trinajstić information content (AvgIpc) is 3.05. The Balaban J connectivity index is 1.54. The fraction of sp³-hybridized carbons (Fsp3) is 0.276. The minimum absolute atomic E-state index is 0.0129. The number of carbonyl (C=O) groups is 1. The summed E-state index contributed by atoms with van der Waals surface area (Å²) in [5, 5.41) is 18.2. The number of fused-ring (bicyclic) bond motifs is 1. The van der Waals surface area contributed by atoms with Crippen molar-refractivity contribution in [1.29, 1.82) is 0 Å². The van der Waals surface area contributed by atoms with Crippen LogP contribution in [0.1, 0.15) is 49.8 Å². The molecule has 0 amide bonds. The average molecular weight is 500 g/mol. The molecule has 0 saturated heterocycles. The summed E-state index contributed by atoms with van der Waals surface area (Å²) >= 11 is 0. The molecule has 3 aromatic carbocycles. The number of ether oxygens (including phenoxy) is 2. The molecule has 1 heterocycles. The summed E-state index contributed by atoms with van der Waals surface area (Å²) in [5.41, 5.74) is 5.07. The van der Waals surface area contributed by atoms with Gasteiger partial charge in [-0.2, -0.15) is 0 Å². The Hall–Kier alpha value is -4.33. The van der Waals surface area contributed by atoms with Crippen molar-refractivity contribution in [2.75, 3.05) is 17.7 Å². The number of anilines is 2. The summed E-state index contributed by atoms with van der Waals surface area (Å²) in [6.45, 7) is 3.93. The Labute approximate surface area is 215 Å². The van der Waals surface area contributed by atoms with E-state index in [1.165, 1.54) is 12.1 Å². The molecular weight excluding hydrogens is 470 g/mol. The summed E-state index contributed by atoms with van der Waals surface area (Å²) in [5.74, 6) is 1.31. The van der Waals surface area contributed by atoms with Crippen molar-refractivity contribution >= 4 is 22.8 Å². The van der Waals surface area contributed by atoms with Crippen molar-refractivity contribution in [3.63, 3.8) is 0 Å². The van der Waals surface area contributed by atoms with Crippen LogP contribution < -0.4 is 20.1 Å². The van der Waals surface area contributed by atoms with Gasteiger partial charge < -0.3 is 20.1 Å². The maximum atomic E-state index is 13.7. The Morgan fingerprint density at radius 2 is 1.65 bits per heavy atom. The molecule has 37 heavy (non-hydrogen) atoms. The van der Waals surface area contributed by atoms with Crippen LogP contribution in [0.15, 0.2) is 78.0 Å². The molecule has 2 aliphatic rings. The number of nitrogens with zero attached hydrogens (tertiary/aromatic N) is 1.